The smallest absolute Gasteiger partial charge is 0.225 e. The average Bonchev–Trinajstić information content (AvgIpc) is 3.10. The van der Waals surface area contributed by atoms with Gasteiger partial charge in [0.1, 0.15) is 11.9 Å². The van der Waals surface area contributed by atoms with Crippen LogP contribution in [-0.4, -0.2) is 59.7 Å². The van der Waals surface area contributed by atoms with Gasteiger partial charge in [-0.3, -0.25) is 9.59 Å². The number of aliphatic hydroxyl groups is 1. The number of phenols is 1. The van der Waals surface area contributed by atoms with Gasteiger partial charge in [0.15, 0.2) is 5.88 Å². The molecule has 10 heteroatoms. The predicted molar refractivity (Wildman–Crippen MR) is 189 cm³/mol. The van der Waals surface area contributed by atoms with E-state index in [1.54, 1.807) is 6.07 Å². The normalized spacial score (nSPS) is 14.1. The zero-order valence-electron chi connectivity index (χ0n) is 26.9. The number of likely N-dealkylation sites (tertiary alicyclic amines) is 1. The molecular formula is C38H43N5O5. The second kappa shape index (κ2) is 17.1. The molecule has 250 valence electrons. The number of piperidine rings is 1. The summed E-state index contributed by atoms with van der Waals surface area (Å²) >= 11 is 0. The monoisotopic (exact) mass is 649 g/mol. The Morgan fingerprint density at radius 2 is 1.67 bits per heavy atom. The molecule has 10 nitrogen and oxygen atoms in total. The molecule has 1 atom stereocenters. The van der Waals surface area contributed by atoms with E-state index in [1.807, 2.05) is 60.7 Å². The van der Waals surface area contributed by atoms with Gasteiger partial charge >= 0.3 is 0 Å². The number of rotatable bonds is 16. The Bertz CT molecular complexity index is 1660. The highest BCUT2D eigenvalue weighted by Crippen LogP contribution is 2.29. The average molecular weight is 650 g/mol. The highest BCUT2D eigenvalue weighted by Gasteiger charge is 2.22. The molecule has 1 heterocycles. The largest absolute Gasteiger partial charge is 0.506 e. The third-order valence-electron chi connectivity index (χ3n) is 8.31. The molecule has 1 aliphatic rings. The van der Waals surface area contributed by atoms with Crippen molar-refractivity contribution in [1.82, 2.24) is 10.2 Å². The molecule has 6 N–H and O–H groups in total. The molecule has 1 fully saturated rings. The van der Waals surface area contributed by atoms with Crippen molar-refractivity contribution in [2.45, 2.75) is 38.0 Å². The minimum Gasteiger partial charge on any atom is -0.506 e. The Kier molecular flexibility index (Phi) is 12.2. The minimum absolute atomic E-state index is 0.0330. The van der Waals surface area contributed by atoms with Gasteiger partial charge in [0.25, 0.3) is 0 Å². The highest BCUT2D eigenvalue weighted by molar-refractivity contribution is 5.90. The molecule has 0 aromatic heterocycles. The number of aliphatic hydroxyl groups excluding tert-OH is 1. The number of amides is 2. The molecule has 0 saturated carbocycles. The van der Waals surface area contributed by atoms with E-state index in [1.165, 1.54) is 12.1 Å². The number of benzene rings is 4. The predicted octanol–water partition coefficient (Wildman–Crippen LogP) is 5.84. The lowest BCUT2D eigenvalue weighted by atomic mass is 10.0. The molecule has 0 aliphatic carbocycles. The number of ether oxygens (including phenoxy) is 1. The van der Waals surface area contributed by atoms with Crippen molar-refractivity contribution in [3.05, 3.63) is 121 Å². The molecule has 1 saturated heterocycles. The maximum absolute atomic E-state index is 12.7. The molecule has 48 heavy (non-hydrogen) atoms. The van der Waals surface area contributed by atoms with Gasteiger partial charge in [-0.1, -0.05) is 66.7 Å². The topological polar surface area (TPSA) is 135 Å². The van der Waals surface area contributed by atoms with E-state index in [9.17, 15) is 19.8 Å². The number of aromatic hydroxyl groups is 1. The van der Waals surface area contributed by atoms with Crippen molar-refractivity contribution in [2.75, 3.05) is 42.1 Å². The van der Waals surface area contributed by atoms with Crippen LogP contribution in [0, 0.1) is 0 Å². The van der Waals surface area contributed by atoms with E-state index < -0.39 is 6.10 Å². The van der Waals surface area contributed by atoms with E-state index in [-0.39, 0.29) is 30.0 Å². The van der Waals surface area contributed by atoms with Crippen LogP contribution in [0.15, 0.2) is 110 Å². The molecule has 1 aliphatic heterocycles. The maximum Gasteiger partial charge on any atom is 0.225 e. The van der Waals surface area contributed by atoms with Gasteiger partial charge in [0.2, 0.25) is 12.3 Å². The summed E-state index contributed by atoms with van der Waals surface area (Å²) in [5, 5.41) is 32.2. The molecule has 0 spiro atoms. The van der Waals surface area contributed by atoms with Gasteiger partial charge in [-0.25, -0.2) is 0 Å². The lowest BCUT2D eigenvalue weighted by molar-refractivity contribution is -0.116. The number of hydrogen-bond acceptors (Lipinski definition) is 8. The molecule has 0 unspecified atom stereocenters. The molecule has 0 radical (unpaired) electrons. The fourth-order valence-corrected chi connectivity index (χ4v) is 5.69. The molecular weight excluding hydrogens is 606 g/mol. The third-order valence-corrected chi connectivity index (χ3v) is 8.31. The summed E-state index contributed by atoms with van der Waals surface area (Å²) in [6.45, 7) is 7.30. The molecule has 2 amide bonds. The van der Waals surface area contributed by atoms with Crippen molar-refractivity contribution in [2.24, 2.45) is 0 Å². The van der Waals surface area contributed by atoms with Gasteiger partial charge in [0.05, 0.1) is 11.8 Å². The van der Waals surface area contributed by atoms with E-state index in [0.29, 0.717) is 37.4 Å². The lowest BCUT2D eigenvalue weighted by Gasteiger charge is -2.32. The fraction of sp³-hybridized carbons (Fsp3) is 0.263. The summed E-state index contributed by atoms with van der Waals surface area (Å²) in [6, 6.07) is 30.5. The number of anilines is 3. The fourth-order valence-electron chi connectivity index (χ4n) is 5.69. The van der Waals surface area contributed by atoms with Crippen LogP contribution < -0.4 is 21.3 Å². The molecule has 4 aromatic rings. The van der Waals surface area contributed by atoms with E-state index in [0.717, 1.165) is 54.0 Å². The highest BCUT2D eigenvalue weighted by atomic mass is 16.5. The first-order valence-electron chi connectivity index (χ1n) is 16.2. The van der Waals surface area contributed by atoms with Crippen molar-refractivity contribution in [3.8, 4) is 16.9 Å². The molecule has 5 rings (SSSR count). The van der Waals surface area contributed by atoms with E-state index >= 15 is 0 Å². The lowest BCUT2D eigenvalue weighted by Crippen LogP contribution is -2.38. The third kappa shape index (κ3) is 9.92. The number of carbonyl (C=O) groups excluding carboxylic acids is 2. The number of carbonyl (C=O) groups is 2. The first-order valence-corrected chi connectivity index (χ1v) is 16.2. The number of nitrogens with zero attached hydrogens (tertiary/aromatic N) is 1. The quantitative estimate of drug-likeness (QED) is 0.0506. The van der Waals surface area contributed by atoms with Crippen LogP contribution in [0.2, 0.25) is 0 Å². The van der Waals surface area contributed by atoms with Crippen molar-refractivity contribution in [1.29, 1.82) is 0 Å². The second-order valence-electron chi connectivity index (χ2n) is 11.8. The first kappa shape index (κ1) is 34.2. The zero-order chi connectivity index (χ0) is 33.7. The summed E-state index contributed by atoms with van der Waals surface area (Å²) in [5.74, 6) is 0.434. The summed E-state index contributed by atoms with van der Waals surface area (Å²) in [6.07, 6.45) is 1.85. The standard InChI is InChI=1S/C38H43N5O5/c1-27(41-34-10-6-5-9-33(34)29-7-3-2-4-8-29)48-32-17-20-43(21-18-32)22-19-38(47)42-31-14-11-28(12-15-31)24-39-25-37(46)30-13-16-36(45)35(23-30)40-26-44/h2-16,23,26,32,37,39,41,45-46H,1,17-22,24-25H2,(H,40,44)(H,42,47)/t37-/m0/s1. The Balaban J connectivity index is 0.976. The zero-order valence-corrected chi connectivity index (χ0v) is 26.9. The van der Waals surface area contributed by atoms with E-state index in [2.05, 4.69) is 50.9 Å². The van der Waals surface area contributed by atoms with Crippen LogP contribution in [0.1, 0.15) is 36.5 Å². The van der Waals surface area contributed by atoms with Crippen molar-refractivity contribution >= 4 is 29.4 Å². The van der Waals surface area contributed by atoms with Crippen LogP contribution >= 0.6 is 0 Å². The van der Waals surface area contributed by atoms with Crippen LogP contribution in [0.4, 0.5) is 17.1 Å². The van der Waals surface area contributed by atoms with Crippen LogP contribution in [0.5, 0.6) is 5.75 Å². The van der Waals surface area contributed by atoms with Gasteiger partial charge in [-0.2, -0.15) is 0 Å². The Morgan fingerprint density at radius 3 is 2.42 bits per heavy atom. The van der Waals surface area contributed by atoms with Gasteiger partial charge < -0.3 is 41.1 Å². The Labute approximate surface area is 281 Å². The summed E-state index contributed by atoms with van der Waals surface area (Å²) in [7, 11) is 0. The van der Waals surface area contributed by atoms with Crippen LogP contribution in [-0.2, 0) is 20.9 Å². The number of nitrogens with one attached hydrogen (secondary N) is 4. The van der Waals surface area contributed by atoms with E-state index in [4.69, 9.17) is 4.74 Å². The molecule has 4 aromatic carbocycles. The number of phenolic OH excluding ortho intramolecular Hbond substituents is 1. The Morgan fingerprint density at radius 1 is 0.938 bits per heavy atom. The summed E-state index contributed by atoms with van der Waals surface area (Å²) in [4.78, 5) is 25.7. The minimum atomic E-state index is -0.820. The van der Waals surface area contributed by atoms with Crippen molar-refractivity contribution in [3.63, 3.8) is 0 Å². The van der Waals surface area contributed by atoms with Crippen molar-refractivity contribution < 1.29 is 24.5 Å². The summed E-state index contributed by atoms with van der Waals surface area (Å²) in [5.41, 5.74) is 5.71. The van der Waals surface area contributed by atoms with Crippen LogP contribution in [0.25, 0.3) is 11.1 Å². The Hall–Kier alpha value is -5.16. The summed E-state index contributed by atoms with van der Waals surface area (Å²) < 4.78 is 6.17. The second-order valence-corrected chi connectivity index (χ2v) is 11.8. The van der Waals surface area contributed by atoms with Gasteiger partial charge in [0, 0.05) is 56.1 Å². The number of para-hydroxylation sites is 1. The molecule has 0 bridgehead atoms. The van der Waals surface area contributed by atoms with Crippen LogP contribution in [0.3, 0.4) is 0 Å². The van der Waals surface area contributed by atoms with Gasteiger partial charge in [-0.05, 0) is 66.4 Å². The SMILES string of the molecule is C=C(Nc1ccccc1-c1ccccc1)OC1CCN(CCC(=O)Nc2ccc(CNC[C@H](O)c3ccc(O)c(NC=O)c3)cc2)CC1. The number of hydrogen-bond donors (Lipinski definition) is 6. The first-order chi connectivity index (χ1) is 23.4. The van der Waals surface area contributed by atoms with Gasteiger partial charge in [-0.15, -0.1) is 0 Å². The maximum atomic E-state index is 12.7.